The Kier molecular flexibility index (Phi) is 8980. The molecule has 0 rings (SSSR count). The first-order valence-electron chi connectivity index (χ1n) is 0. The van der Waals surface area contributed by atoms with E-state index in [9.17, 15) is 0 Å². The third-order valence-corrected chi connectivity index (χ3v) is 0. The summed E-state index contributed by atoms with van der Waals surface area (Å²) in [6.07, 6.45) is 0. The maximum atomic E-state index is 0. The summed E-state index contributed by atoms with van der Waals surface area (Å²) in [6.45, 7) is 0. The molecule has 0 unspecified atom stereocenters. The van der Waals surface area contributed by atoms with Gasteiger partial charge >= 0.3 is 50.6 Å². The van der Waals surface area contributed by atoms with E-state index in [1.54, 1.807) is 0 Å². The second-order valence-corrected chi connectivity index (χ2v) is 0. The molecule has 0 amide bonds. The number of rotatable bonds is 0. The van der Waals surface area contributed by atoms with E-state index in [1.807, 2.05) is 0 Å². The molecule has 54 valence electrons. The third-order valence-electron chi connectivity index (χ3n) is 0. The average Bonchev–Trinajstić information content (AvgIpc) is 0. The molecule has 0 heterocycles. The summed E-state index contributed by atoms with van der Waals surface area (Å²) < 4.78 is 0. The Balaban J connectivity index is 0. The van der Waals surface area contributed by atoms with Crippen molar-refractivity contribution in [1.29, 1.82) is 0 Å². The zero-order valence-electron chi connectivity index (χ0n) is 4.00. The minimum Gasteiger partial charge on any atom is -0.870 e. The fourth-order valence-electron chi connectivity index (χ4n) is 0. The maximum absolute atomic E-state index is 0. The average molecular weight is 320 g/mol. The molecule has 8 heteroatoms. The second-order valence-electron chi connectivity index (χ2n) is 0. The minimum atomic E-state index is 0. The van der Waals surface area contributed by atoms with Crippen molar-refractivity contribution in [3.63, 3.8) is 0 Å². The van der Waals surface area contributed by atoms with Gasteiger partial charge in [-0.3, -0.25) is 0 Å². The summed E-state index contributed by atoms with van der Waals surface area (Å²) in [5, 5.41) is 0. The maximum Gasteiger partial charge on any atom is 4.00 e. The smallest absolute Gasteiger partial charge is 0.870 e. The topological polar surface area (TPSA) is 180 Å². The van der Waals surface area contributed by atoms with Gasteiger partial charge in [0.15, 0.2) is 0 Å². The molecule has 6 nitrogen and oxygen atoms in total. The molecule has 0 saturated heterocycles. The van der Waals surface area contributed by atoms with Crippen molar-refractivity contribution in [3.05, 3.63) is 0 Å². The Bertz CT molecular complexity index is 8.49. The molecular formula is H6NaO6Pt-. The Morgan fingerprint density at radius 1 is 0.375 bits per heavy atom. The zero-order chi connectivity index (χ0) is 0. The van der Waals surface area contributed by atoms with Crippen LogP contribution < -0.4 is 29.6 Å². The molecule has 0 radical (unpaired) electrons. The number of hydrogen-bond acceptors (Lipinski definition) is 6. The Morgan fingerprint density at radius 2 is 0.375 bits per heavy atom. The van der Waals surface area contributed by atoms with Gasteiger partial charge in [0.05, 0.1) is 0 Å². The minimum absolute atomic E-state index is 0. The van der Waals surface area contributed by atoms with Gasteiger partial charge in [0, 0.05) is 0 Å². The molecule has 6 N–H and O–H groups in total. The van der Waals surface area contributed by atoms with Crippen LogP contribution in [0.4, 0.5) is 0 Å². The first kappa shape index (κ1) is 321. The molecular weight excluding hydrogens is 314 g/mol. The molecule has 0 aromatic rings. The van der Waals surface area contributed by atoms with Crippen molar-refractivity contribution < 1.29 is 83.5 Å². The van der Waals surface area contributed by atoms with Crippen molar-refractivity contribution >= 4 is 0 Å². The van der Waals surface area contributed by atoms with E-state index in [1.165, 1.54) is 0 Å². The quantitative estimate of drug-likeness (QED) is 0.409. The molecule has 0 aliphatic heterocycles. The van der Waals surface area contributed by atoms with Gasteiger partial charge in [-0.25, -0.2) is 0 Å². The van der Waals surface area contributed by atoms with Crippen LogP contribution in [0, 0.1) is 0 Å². The van der Waals surface area contributed by atoms with E-state index in [4.69, 9.17) is 0 Å². The van der Waals surface area contributed by atoms with Gasteiger partial charge < -0.3 is 32.9 Å². The van der Waals surface area contributed by atoms with Crippen molar-refractivity contribution in [2.75, 3.05) is 0 Å². The van der Waals surface area contributed by atoms with E-state index >= 15 is 0 Å². The Morgan fingerprint density at radius 3 is 0.375 bits per heavy atom. The Labute approximate surface area is 83.1 Å². The summed E-state index contributed by atoms with van der Waals surface area (Å²) in [5.41, 5.74) is 0. The van der Waals surface area contributed by atoms with E-state index in [2.05, 4.69) is 0 Å². The first-order valence-corrected chi connectivity index (χ1v) is 0. The predicted octanol–water partition coefficient (Wildman–Crippen LogP) is -4.06. The summed E-state index contributed by atoms with van der Waals surface area (Å²) in [4.78, 5) is 0. The van der Waals surface area contributed by atoms with Crippen molar-refractivity contribution in [2.24, 2.45) is 0 Å². The monoisotopic (exact) mass is 320 g/mol. The van der Waals surface area contributed by atoms with Gasteiger partial charge in [0.2, 0.25) is 0 Å². The molecule has 0 aliphatic carbocycles. The van der Waals surface area contributed by atoms with Crippen LogP contribution >= 0.6 is 0 Å². The predicted molar refractivity (Wildman–Crippen MR) is 11.6 cm³/mol. The molecule has 0 aromatic carbocycles. The van der Waals surface area contributed by atoms with E-state index in [0.29, 0.717) is 0 Å². The SMILES string of the molecule is [Na+].[OH-].[OH-].[OH-].[OH-].[OH-].[OH-].[Pt+4]. The van der Waals surface area contributed by atoms with Crippen LogP contribution in [-0.2, 0) is 21.1 Å². The van der Waals surface area contributed by atoms with Gasteiger partial charge in [-0.2, -0.15) is 0 Å². The van der Waals surface area contributed by atoms with Crippen LogP contribution in [0.2, 0.25) is 0 Å². The van der Waals surface area contributed by atoms with Gasteiger partial charge in [-0.15, -0.1) is 0 Å². The van der Waals surface area contributed by atoms with Crippen LogP contribution in [0.25, 0.3) is 0 Å². The summed E-state index contributed by atoms with van der Waals surface area (Å²) >= 11 is 0. The molecule has 0 atom stereocenters. The fourth-order valence-corrected chi connectivity index (χ4v) is 0. The first-order chi connectivity index (χ1) is 0. The molecule has 8 heavy (non-hydrogen) atoms. The summed E-state index contributed by atoms with van der Waals surface area (Å²) in [6, 6.07) is 0. The van der Waals surface area contributed by atoms with E-state index in [0.717, 1.165) is 0 Å². The summed E-state index contributed by atoms with van der Waals surface area (Å²) in [5.74, 6) is 0. The zero-order valence-corrected chi connectivity index (χ0v) is 8.27. The van der Waals surface area contributed by atoms with Gasteiger partial charge in [0.1, 0.15) is 0 Å². The van der Waals surface area contributed by atoms with Gasteiger partial charge in [-0.05, 0) is 0 Å². The second kappa shape index (κ2) is 223. The van der Waals surface area contributed by atoms with Crippen LogP contribution in [0.3, 0.4) is 0 Å². The van der Waals surface area contributed by atoms with Crippen LogP contribution in [0.1, 0.15) is 0 Å². The van der Waals surface area contributed by atoms with E-state index < -0.39 is 0 Å². The molecule has 0 aliphatic rings. The van der Waals surface area contributed by atoms with Crippen molar-refractivity contribution in [3.8, 4) is 0 Å². The third kappa shape index (κ3) is 148. The summed E-state index contributed by atoms with van der Waals surface area (Å²) in [7, 11) is 0. The van der Waals surface area contributed by atoms with Crippen LogP contribution in [0.5, 0.6) is 0 Å². The molecule has 0 aromatic heterocycles. The van der Waals surface area contributed by atoms with Crippen molar-refractivity contribution in [2.45, 2.75) is 0 Å². The van der Waals surface area contributed by atoms with Gasteiger partial charge in [-0.1, -0.05) is 0 Å². The van der Waals surface area contributed by atoms with E-state index in [-0.39, 0.29) is 83.5 Å². The number of hydrogen-bond donors (Lipinski definition) is 0. The standard InChI is InChI=1S/Na.6H2O.Pt/h;6*1H2;/q+1;;;;;;;+4/p-6. The van der Waals surface area contributed by atoms with Crippen LogP contribution in [0.15, 0.2) is 0 Å². The van der Waals surface area contributed by atoms with Gasteiger partial charge in [0.25, 0.3) is 0 Å². The molecule has 0 spiro atoms. The molecule has 0 saturated carbocycles. The normalized spacial score (nSPS) is 0. The molecule has 0 bridgehead atoms. The Hall–Kier alpha value is 1.45. The molecule has 0 fully saturated rings. The fraction of sp³-hybridized carbons (Fsp3) is 0. The van der Waals surface area contributed by atoms with Crippen molar-refractivity contribution in [1.82, 2.24) is 0 Å². The van der Waals surface area contributed by atoms with Crippen LogP contribution in [-0.4, -0.2) is 32.9 Å². The largest absolute Gasteiger partial charge is 4.00 e.